The van der Waals surface area contributed by atoms with Gasteiger partial charge >= 0.3 is 5.43 Å². The summed E-state index contributed by atoms with van der Waals surface area (Å²) in [4.78, 5) is 14.5. The molecule has 0 aromatic carbocycles. The summed E-state index contributed by atoms with van der Waals surface area (Å²) in [6, 6.07) is 0. The summed E-state index contributed by atoms with van der Waals surface area (Å²) in [7, 11) is 1.39. The van der Waals surface area contributed by atoms with Gasteiger partial charge in [0, 0.05) is 18.6 Å². The quantitative estimate of drug-likeness (QED) is 0.554. The molecule has 0 fully saturated rings. The number of nitrogens with zero attached hydrogens (tertiary/aromatic N) is 2. The highest BCUT2D eigenvalue weighted by molar-refractivity contribution is 6.61. The van der Waals surface area contributed by atoms with E-state index in [9.17, 15) is 10.0 Å². The van der Waals surface area contributed by atoms with Crippen molar-refractivity contribution in [2.75, 3.05) is 7.05 Å². The Hall–Kier alpha value is -0.980. The first-order chi connectivity index (χ1) is 5.09. The van der Waals surface area contributed by atoms with E-state index in [1.165, 1.54) is 7.05 Å². The minimum absolute atomic E-state index is 0.0556. The second kappa shape index (κ2) is 2.95. The van der Waals surface area contributed by atoms with Crippen molar-refractivity contribution in [1.82, 2.24) is 10.3 Å². The molecule has 0 saturated heterocycles. The van der Waals surface area contributed by atoms with Crippen LogP contribution >= 0.6 is 11.6 Å². The zero-order valence-electron chi connectivity index (χ0n) is 5.48. The third-order valence-electron chi connectivity index (χ3n) is 0.914. The van der Waals surface area contributed by atoms with Gasteiger partial charge in [0.15, 0.2) is 0 Å². The lowest BCUT2D eigenvalue weighted by Gasteiger charge is -2.19. The van der Waals surface area contributed by atoms with Gasteiger partial charge in [0.2, 0.25) is 5.88 Å². The first-order valence-electron chi connectivity index (χ1n) is 2.57. The van der Waals surface area contributed by atoms with Crippen molar-refractivity contribution < 1.29 is 14.5 Å². The normalized spacial score (nSPS) is 16.8. The molecule has 0 radical (unpaired) electrons. The predicted molar refractivity (Wildman–Crippen MR) is 34.5 cm³/mol. The maximum absolute atomic E-state index is 10.4. The number of hydroxylamine groups is 4. The molecular formula is C4H4ClN2O4-. The van der Waals surface area contributed by atoms with Crippen molar-refractivity contribution in [1.29, 1.82) is 0 Å². The van der Waals surface area contributed by atoms with Crippen molar-refractivity contribution in [2.45, 2.75) is 0 Å². The lowest BCUT2D eigenvalue weighted by molar-refractivity contribution is -0.237. The highest BCUT2D eigenvalue weighted by atomic mass is 35.5. The van der Waals surface area contributed by atoms with Crippen molar-refractivity contribution in [3.05, 3.63) is 17.3 Å². The average Bonchev–Trinajstić information content (AvgIpc) is 2.09. The number of ether oxygens (including phenoxy) is 1. The molecule has 1 aliphatic rings. The van der Waals surface area contributed by atoms with E-state index in [1.54, 1.807) is 0 Å². The molecule has 0 atom stereocenters. The molecule has 0 N–H and O–H groups in total. The van der Waals surface area contributed by atoms with Crippen molar-refractivity contribution in [3.8, 4) is 0 Å². The summed E-state index contributed by atoms with van der Waals surface area (Å²) in [6.07, 6.45) is 0.931. The monoisotopic (exact) mass is 179 g/mol. The van der Waals surface area contributed by atoms with Crippen LogP contribution < -0.4 is 0 Å². The van der Waals surface area contributed by atoms with Crippen LogP contribution in [0.1, 0.15) is 0 Å². The topological polar surface area (TPSA) is 65.1 Å². The van der Waals surface area contributed by atoms with E-state index >= 15 is 0 Å². The molecule has 11 heavy (non-hydrogen) atoms. The van der Waals surface area contributed by atoms with E-state index in [0.29, 0.717) is 0 Å². The van der Waals surface area contributed by atoms with Crippen LogP contribution in [0.25, 0.3) is 0 Å². The molecule has 0 aromatic heterocycles. The van der Waals surface area contributed by atoms with Gasteiger partial charge in [0.1, 0.15) is 0 Å². The van der Waals surface area contributed by atoms with Crippen LogP contribution in [0.3, 0.4) is 0 Å². The fraction of sp³-hybridized carbons (Fsp3) is 0.250. The third kappa shape index (κ3) is 1.97. The van der Waals surface area contributed by atoms with Gasteiger partial charge in [-0.3, -0.25) is 5.23 Å². The number of halogens is 1. The second-order valence-electron chi connectivity index (χ2n) is 1.67. The average molecular weight is 180 g/mol. The van der Waals surface area contributed by atoms with Crippen LogP contribution in [0.15, 0.2) is 12.1 Å². The van der Waals surface area contributed by atoms with E-state index in [0.717, 1.165) is 11.3 Å². The van der Waals surface area contributed by atoms with E-state index in [4.69, 9.17) is 11.6 Å². The zero-order chi connectivity index (χ0) is 8.43. The van der Waals surface area contributed by atoms with E-state index in [1.807, 2.05) is 0 Å². The van der Waals surface area contributed by atoms with Crippen LogP contribution in [0.4, 0.5) is 4.79 Å². The van der Waals surface area contributed by atoms with Gasteiger partial charge in [0.25, 0.3) is 0 Å². The van der Waals surface area contributed by atoms with Gasteiger partial charge in [-0.15, -0.1) is 0 Å². The third-order valence-corrected chi connectivity index (χ3v) is 0.991. The lowest BCUT2D eigenvalue weighted by atomic mass is 10.8. The van der Waals surface area contributed by atoms with Gasteiger partial charge < -0.3 is 9.94 Å². The molecule has 7 heteroatoms. The first-order valence-corrected chi connectivity index (χ1v) is 2.94. The van der Waals surface area contributed by atoms with Gasteiger partial charge in [-0.2, -0.15) is 10.0 Å². The van der Waals surface area contributed by atoms with E-state index < -0.39 is 5.43 Å². The number of carbonyl (C=O) groups is 1. The molecule has 0 unspecified atom stereocenters. The molecule has 0 aliphatic carbocycles. The Labute approximate surface area is 67.0 Å². The van der Waals surface area contributed by atoms with Gasteiger partial charge in [-0.25, -0.2) is 4.79 Å². The Morgan fingerprint density at radius 3 is 2.91 bits per heavy atom. The van der Waals surface area contributed by atoms with Crippen molar-refractivity contribution in [2.24, 2.45) is 0 Å². The van der Waals surface area contributed by atoms with Crippen LogP contribution in [0, 0.1) is 5.21 Å². The lowest BCUT2D eigenvalue weighted by Crippen LogP contribution is -2.17. The Balaban J connectivity index is 2.57. The summed E-state index contributed by atoms with van der Waals surface area (Å²) >= 11 is 4.87. The summed E-state index contributed by atoms with van der Waals surface area (Å²) < 4.78 is 4.34. The summed E-state index contributed by atoms with van der Waals surface area (Å²) in [5.41, 5.74) is -1.03. The van der Waals surface area contributed by atoms with E-state index in [2.05, 4.69) is 9.68 Å². The largest absolute Gasteiger partial charge is 0.732 e. The summed E-state index contributed by atoms with van der Waals surface area (Å²) in [5, 5.41) is 11.5. The predicted octanol–water partition coefficient (Wildman–Crippen LogP) is 0.752. The van der Waals surface area contributed by atoms with Crippen LogP contribution in [0.5, 0.6) is 0 Å². The molecule has 1 rings (SSSR count). The Kier molecular flexibility index (Phi) is 2.18. The van der Waals surface area contributed by atoms with Gasteiger partial charge in [0.05, 0.1) is 6.20 Å². The molecule has 0 bridgehead atoms. The van der Waals surface area contributed by atoms with Crippen molar-refractivity contribution >= 4 is 17.0 Å². The molecule has 62 valence electrons. The Bertz CT molecular complexity index is 206. The smallest absolute Gasteiger partial charge is 0.410 e. The molecule has 1 aliphatic heterocycles. The van der Waals surface area contributed by atoms with E-state index in [-0.39, 0.29) is 11.1 Å². The standard InChI is InChI=1S/C4H4ClN2O4/c1-6-3(10-4(5)8)2-7(9)11-6/h2H,1H3/q-1. The molecule has 0 aromatic rings. The number of hydrogen-bond donors (Lipinski definition) is 0. The molecular weight excluding hydrogens is 176 g/mol. The minimum Gasteiger partial charge on any atom is -0.732 e. The zero-order valence-corrected chi connectivity index (χ0v) is 6.24. The van der Waals surface area contributed by atoms with Gasteiger partial charge in [-0.05, 0) is 0 Å². The second-order valence-corrected chi connectivity index (χ2v) is 1.98. The summed E-state index contributed by atoms with van der Waals surface area (Å²) in [5.74, 6) is -0.0556. The summed E-state index contributed by atoms with van der Waals surface area (Å²) in [6.45, 7) is 0. The maximum Gasteiger partial charge on any atom is 0.410 e. The maximum atomic E-state index is 10.4. The minimum atomic E-state index is -1.03. The molecule has 6 nitrogen and oxygen atoms in total. The van der Waals surface area contributed by atoms with Crippen molar-refractivity contribution in [3.63, 3.8) is 0 Å². The molecule has 0 spiro atoms. The fourth-order valence-electron chi connectivity index (χ4n) is 0.529. The SMILES string of the molecule is CN1ON([O-])C=C1OC(=O)Cl. The highest BCUT2D eigenvalue weighted by Crippen LogP contribution is 2.15. The Morgan fingerprint density at radius 1 is 1.91 bits per heavy atom. The number of rotatable bonds is 1. The van der Waals surface area contributed by atoms with Crippen LogP contribution in [-0.2, 0) is 9.68 Å². The molecule has 0 amide bonds. The fourth-order valence-corrected chi connectivity index (χ4v) is 0.608. The highest BCUT2D eigenvalue weighted by Gasteiger charge is 2.17. The Morgan fingerprint density at radius 2 is 2.55 bits per heavy atom. The molecule has 1 heterocycles. The molecule has 0 saturated carbocycles. The number of hydrogen-bond acceptors (Lipinski definition) is 6. The first kappa shape index (κ1) is 8.12. The van der Waals surface area contributed by atoms with Gasteiger partial charge in [-0.1, -0.05) is 0 Å². The number of carbonyl (C=O) groups excluding carboxylic acids is 1. The van der Waals surface area contributed by atoms with Crippen LogP contribution in [0.2, 0.25) is 0 Å². The van der Waals surface area contributed by atoms with Crippen LogP contribution in [-0.4, -0.2) is 22.8 Å².